The van der Waals surface area contributed by atoms with Gasteiger partial charge in [0.05, 0.1) is 0 Å². The van der Waals surface area contributed by atoms with Crippen molar-refractivity contribution in [2.45, 2.75) is 13.8 Å². The Morgan fingerprint density at radius 3 is 2.75 bits per heavy atom. The fraction of sp³-hybridized carbons (Fsp3) is 0.500. The van der Waals surface area contributed by atoms with E-state index >= 15 is 0 Å². The molecule has 0 fully saturated rings. The van der Waals surface area contributed by atoms with Crippen LogP contribution in [-0.4, -0.2) is 12.5 Å². The van der Waals surface area contributed by atoms with E-state index < -0.39 is 0 Å². The SMILES string of the molecule is CC=CC(=O)[N]CC. The van der Waals surface area contributed by atoms with Crippen molar-refractivity contribution in [2.24, 2.45) is 0 Å². The van der Waals surface area contributed by atoms with E-state index in [-0.39, 0.29) is 5.91 Å². The topological polar surface area (TPSA) is 31.2 Å². The molecule has 8 heavy (non-hydrogen) atoms. The van der Waals surface area contributed by atoms with Crippen molar-refractivity contribution < 1.29 is 4.79 Å². The maximum atomic E-state index is 10.4. The van der Waals surface area contributed by atoms with Crippen LogP contribution in [0.2, 0.25) is 0 Å². The molecule has 0 saturated carbocycles. The van der Waals surface area contributed by atoms with E-state index in [1.54, 1.807) is 13.0 Å². The molecule has 0 rings (SSSR count). The third-order valence-corrected chi connectivity index (χ3v) is 0.623. The van der Waals surface area contributed by atoms with Gasteiger partial charge in [0, 0.05) is 12.6 Å². The molecule has 0 aliphatic heterocycles. The molecule has 0 unspecified atom stereocenters. The lowest BCUT2D eigenvalue weighted by molar-refractivity contribution is -0.116. The van der Waals surface area contributed by atoms with Gasteiger partial charge in [-0.1, -0.05) is 6.08 Å². The van der Waals surface area contributed by atoms with Crippen LogP contribution in [0.1, 0.15) is 13.8 Å². The highest BCUT2D eigenvalue weighted by Gasteiger charge is 1.88. The number of nitrogens with zero attached hydrogens (tertiary/aromatic N) is 1. The molecule has 0 bridgehead atoms. The Hall–Kier alpha value is -0.790. The van der Waals surface area contributed by atoms with Gasteiger partial charge in [0.2, 0.25) is 0 Å². The second kappa shape index (κ2) is 4.37. The molecule has 0 aromatic heterocycles. The molecule has 1 amide bonds. The fourth-order valence-corrected chi connectivity index (χ4v) is 0.351. The highest BCUT2D eigenvalue weighted by Crippen LogP contribution is 1.71. The molecule has 0 atom stereocenters. The van der Waals surface area contributed by atoms with Crippen molar-refractivity contribution in [2.75, 3.05) is 6.54 Å². The molecule has 0 aromatic rings. The number of carbonyl (C=O) groups excluding carboxylic acids is 1. The summed E-state index contributed by atoms with van der Waals surface area (Å²) in [6.45, 7) is 4.20. The molecule has 0 heterocycles. The van der Waals surface area contributed by atoms with Crippen molar-refractivity contribution in [3.05, 3.63) is 12.2 Å². The predicted octanol–water partition coefficient (Wildman–Crippen LogP) is 0.713. The lowest BCUT2D eigenvalue weighted by Gasteiger charge is -1.87. The zero-order chi connectivity index (χ0) is 6.41. The van der Waals surface area contributed by atoms with E-state index in [4.69, 9.17) is 0 Å². The molecule has 0 aliphatic carbocycles. The first-order chi connectivity index (χ1) is 3.81. The molecule has 2 heteroatoms. The Kier molecular flexibility index (Phi) is 3.94. The van der Waals surface area contributed by atoms with Gasteiger partial charge in [-0.3, -0.25) is 4.79 Å². The number of hydrogen-bond acceptors (Lipinski definition) is 1. The van der Waals surface area contributed by atoms with Crippen molar-refractivity contribution >= 4 is 5.91 Å². The molecule has 1 radical (unpaired) electrons. The molecule has 0 aromatic carbocycles. The summed E-state index contributed by atoms with van der Waals surface area (Å²) in [6, 6.07) is 0. The van der Waals surface area contributed by atoms with Crippen molar-refractivity contribution in [3.63, 3.8) is 0 Å². The third kappa shape index (κ3) is 3.40. The van der Waals surface area contributed by atoms with Gasteiger partial charge in [0.25, 0.3) is 5.91 Å². The minimum Gasteiger partial charge on any atom is -0.268 e. The second-order valence-corrected chi connectivity index (χ2v) is 1.31. The fourth-order valence-electron chi connectivity index (χ4n) is 0.351. The van der Waals surface area contributed by atoms with Crippen LogP contribution >= 0.6 is 0 Å². The lowest BCUT2D eigenvalue weighted by Crippen LogP contribution is -2.10. The van der Waals surface area contributed by atoms with Crippen molar-refractivity contribution in [1.82, 2.24) is 5.32 Å². The van der Waals surface area contributed by atoms with Crippen molar-refractivity contribution in [3.8, 4) is 0 Å². The first-order valence-corrected chi connectivity index (χ1v) is 2.65. The molecule has 0 N–H and O–H groups in total. The van der Waals surface area contributed by atoms with E-state index in [0.717, 1.165) is 0 Å². The summed E-state index contributed by atoms with van der Waals surface area (Å²) >= 11 is 0. The first-order valence-electron chi connectivity index (χ1n) is 2.65. The zero-order valence-corrected chi connectivity index (χ0v) is 5.22. The van der Waals surface area contributed by atoms with E-state index in [9.17, 15) is 4.79 Å². The van der Waals surface area contributed by atoms with Crippen LogP contribution in [0.25, 0.3) is 0 Å². The Labute approximate surface area is 49.6 Å². The molecule has 0 saturated heterocycles. The van der Waals surface area contributed by atoms with Gasteiger partial charge < -0.3 is 0 Å². The van der Waals surface area contributed by atoms with Crippen LogP contribution in [0.3, 0.4) is 0 Å². The number of hydrogen-bond donors (Lipinski definition) is 0. The van der Waals surface area contributed by atoms with E-state index in [1.165, 1.54) is 6.08 Å². The maximum Gasteiger partial charge on any atom is 0.264 e. The van der Waals surface area contributed by atoms with Crippen LogP contribution in [0.5, 0.6) is 0 Å². The second-order valence-electron chi connectivity index (χ2n) is 1.31. The largest absolute Gasteiger partial charge is 0.268 e. The summed E-state index contributed by atoms with van der Waals surface area (Å²) < 4.78 is 0. The third-order valence-electron chi connectivity index (χ3n) is 0.623. The highest BCUT2D eigenvalue weighted by atomic mass is 16.1. The smallest absolute Gasteiger partial charge is 0.264 e. The van der Waals surface area contributed by atoms with Crippen LogP contribution in [0, 0.1) is 0 Å². The van der Waals surface area contributed by atoms with E-state index in [1.807, 2.05) is 6.92 Å². The van der Waals surface area contributed by atoms with E-state index in [0.29, 0.717) is 6.54 Å². The maximum absolute atomic E-state index is 10.4. The van der Waals surface area contributed by atoms with Gasteiger partial charge in [0.1, 0.15) is 0 Å². The Morgan fingerprint density at radius 2 is 2.38 bits per heavy atom. The number of rotatable bonds is 2. The molecular formula is C6H10NO. The molecule has 2 nitrogen and oxygen atoms in total. The van der Waals surface area contributed by atoms with Crippen LogP contribution in [-0.2, 0) is 4.79 Å². The number of amides is 1. The molecule has 0 spiro atoms. The summed E-state index contributed by atoms with van der Waals surface area (Å²) in [6.07, 6.45) is 3.13. The standard InChI is InChI=1S/C6H10NO/c1-3-5-6(8)7-4-2/h3,5H,4H2,1-2H3. The average Bonchev–Trinajstić information content (AvgIpc) is 1.68. The van der Waals surface area contributed by atoms with Crippen LogP contribution in [0.15, 0.2) is 12.2 Å². The van der Waals surface area contributed by atoms with Crippen LogP contribution in [0.4, 0.5) is 0 Å². The Bertz CT molecular complexity index is 96.7. The average molecular weight is 112 g/mol. The van der Waals surface area contributed by atoms with Gasteiger partial charge in [-0.05, 0) is 13.8 Å². The number of carbonyl (C=O) groups is 1. The molecule has 0 aliphatic rings. The lowest BCUT2D eigenvalue weighted by atomic mass is 10.5. The quantitative estimate of drug-likeness (QED) is 0.484. The van der Waals surface area contributed by atoms with Gasteiger partial charge in [0.15, 0.2) is 0 Å². The Balaban J connectivity index is 3.33. The van der Waals surface area contributed by atoms with Crippen LogP contribution < -0.4 is 5.32 Å². The van der Waals surface area contributed by atoms with Crippen molar-refractivity contribution in [1.29, 1.82) is 0 Å². The minimum absolute atomic E-state index is 0.144. The minimum atomic E-state index is -0.144. The highest BCUT2D eigenvalue weighted by molar-refractivity contribution is 5.86. The summed E-state index contributed by atoms with van der Waals surface area (Å²) in [5.74, 6) is -0.144. The summed E-state index contributed by atoms with van der Waals surface area (Å²) in [4.78, 5) is 10.4. The molecular weight excluding hydrogens is 102 g/mol. The van der Waals surface area contributed by atoms with Gasteiger partial charge >= 0.3 is 0 Å². The normalized spacial score (nSPS) is 9.75. The number of allylic oxidation sites excluding steroid dienone is 1. The predicted molar refractivity (Wildman–Crippen MR) is 32.5 cm³/mol. The zero-order valence-electron chi connectivity index (χ0n) is 5.22. The monoisotopic (exact) mass is 112 g/mol. The van der Waals surface area contributed by atoms with E-state index in [2.05, 4.69) is 5.32 Å². The first kappa shape index (κ1) is 7.21. The summed E-state index contributed by atoms with van der Waals surface area (Å²) in [5, 5.41) is 3.59. The van der Waals surface area contributed by atoms with Gasteiger partial charge in [-0.25, -0.2) is 5.32 Å². The number of likely N-dealkylation sites (N-methyl/N-ethyl adjacent to an activating group) is 1. The Morgan fingerprint density at radius 1 is 1.75 bits per heavy atom. The summed E-state index contributed by atoms with van der Waals surface area (Å²) in [5.41, 5.74) is 0. The molecule has 45 valence electrons. The summed E-state index contributed by atoms with van der Waals surface area (Å²) in [7, 11) is 0. The van der Waals surface area contributed by atoms with Gasteiger partial charge in [-0.15, -0.1) is 0 Å². The van der Waals surface area contributed by atoms with Gasteiger partial charge in [-0.2, -0.15) is 0 Å².